The second-order valence-corrected chi connectivity index (χ2v) is 5.92. The Bertz CT molecular complexity index is 630. The predicted octanol–water partition coefficient (Wildman–Crippen LogP) is 2.57. The van der Waals surface area contributed by atoms with E-state index in [0.29, 0.717) is 0 Å². The molecule has 4 heteroatoms. The van der Waals surface area contributed by atoms with E-state index in [1.807, 2.05) is 42.5 Å². The van der Waals surface area contributed by atoms with E-state index in [0.717, 1.165) is 18.4 Å². The first-order chi connectivity index (χ1) is 10.1. The molecule has 1 unspecified atom stereocenters. The first-order valence-electron chi connectivity index (χ1n) is 7.29. The van der Waals surface area contributed by atoms with Crippen LogP contribution in [-0.2, 0) is 23.2 Å². The van der Waals surface area contributed by atoms with Gasteiger partial charge >= 0.3 is 0 Å². The minimum atomic E-state index is -1.00. The topological polar surface area (TPSA) is 55.1 Å². The lowest BCUT2D eigenvalue weighted by molar-refractivity contribution is -0.126. The molecule has 0 saturated carbocycles. The minimum Gasteiger partial charge on any atom is -0.351 e. The molecule has 2 aromatic rings. The summed E-state index contributed by atoms with van der Waals surface area (Å²) in [5, 5.41) is 3.10. The molecule has 0 radical (unpaired) electrons. The second kappa shape index (κ2) is 6.51. The first kappa shape index (κ1) is 16.5. The molecule has 0 aliphatic heterocycles. The maximum absolute atomic E-state index is 12.5. The van der Waals surface area contributed by atoms with E-state index >= 15 is 0 Å². The Morgan fingerprint density at radius 2 is 1.55 bits per heavy atom. The highest BCUT2D eigenvalue weighted by Gasteiger charge is 2.33. The molecular weight excluding hydrogens is 296 g/mol. The molecule has 1 aliphatic rings. The number of amides is 1. The highest BCUT2D eigenvalue weighted by atomic mass is 35.5. The Morgan fingerprint density at radius 3 is 2.09 bits per heavy atom. The normalized spacial score (nSPS) is 16.3. The number of carbonyl (C=O) groups excluding carboxylic acids is 1. The number of nitrogens with one attached hydrogen (secondary N) is 1. The van der Waals surface area contributed by atoms with Crippen molar-refractivity contribution in [1.82, 2.24) is 5.32 Å². The Kier molecular flexibility index (Phi) is 4.89. The summed E-state index contributed by atoms with van der Waals surface area (Å²) in [5.41, 5.74) is 8.72. The second-order valence-electron chi connectivity index (χ2n) is 5.92. The van der Waals surface area contributed by atoms with Crippen LogP contribution in [0.5, 0.6) is 0 Å². The van der Waals surface area contributed by atoms with Crippen molar-refractivity contribution in [2.45, 2.75) is 31.3 Å². The summed E-state index contributed by atoms with van der Waals surface area (Å²) in [5.74, 6) is -0.119. The highest BCUT2D eigenvalue weighted by Crippen LogP contribution is 2.23. The molecule has 0 aromatic heterocycles. The highest BCUT2D eigenvalue weighted by molar-refractivity contribution is 5.87. The van der Waals surface area contributed by atoms with E-state index < -0.39 is 5.54 Å². The number of benzene rings is 2. The quantitative estimate of drug-likeness (QED) is 0.914. The number of rotatable bonds is 3. The molecule has 1 aliphatic carbocycles. The zero-order valence-electron chi connectivity index (χ0n) is 12.6. The smallest absolute Gasteiger partial charge is 0.244 e. The molecule has 116 valence electrons. The summed E-state index contributed by atoms with van der Waals surface area (Å²) >= 11 is 0. The number of fused-ring (bicyclic) bond motifs is 1. The van der Waals surface area contributed by atoms with Gasteiger partial charge in [-0.15, -0.1) is 12.4 Å². The fourth-order valence-electron chi connectivity index (χ4n) is 2.91. The lowest BCUT2D eigenvalue weighted by Crippen LogP contribution is -2.52. The third-order valence-corrected chi connectivity index (χ3v) is 4.23. The standard InChI is InChI=1S/C18H20N2O.ClH/c1-18(19,15-9-3-2-4-10-15)17(21)20-16-11-13-7-5-6-8-14(13)12-16;/h2-10,16H,11-12,19H2,1H3,(H,20,21);1H. The molecule has 2 aromatic carbocycles. The van der Waals surface area contributed by atoms with Gasteiger partial charge in [0.1, 0.15) is 5.54 Å². The molecule has 0 fully saturated rings. The van der Waals surface area contributed by atoms with Gasteiger partial charge in [-0.25, -0.2) is 0 Å². The van der Waals surface area contributed by atoms with Gasteiger partial charge in [0.15, 0.2) is 0 Å². The lowest BCUT2D eigenvalue weighted by Gasteiger charge is -2.26. The van der Waals surface area contributed by atoms with Gasteiger partial charge in [-0.2, -0.15) is 0 Å². The van der Waals surface area contributed by atoms with Crippen molar-refractivity contribution in [1.29, 1.82) is 0 Å². The maximum Gasteiger partial charge on any atom is 0.244 e. The molecule has 0 saturated heterocycles. The predicted molar refractivity (Wildman–Crippen MR) is 91.0 cm³/mol. The van der Waals surface area contributed by atoms with Crippen LogP contribution >= 0.6 is 12.4 Å². The number of halogens is 1. The monoisotopic (exact) mass is 316 g/mol. The van der Waals surface area contributed by atoms with Crippen molar-refractivity contribution in [2.24, 2.45) is 5.73 Å². The molecule has 22 heavy (non-hydrogen) atoms. The van der Waals surface area contributed by atoms with Gasteiger partial charge in [0.25, 0.3) is 0 Å². The van der Waals surface area contributed by atoms with Crippen LogP contribution in [0.1, 0.15) is 23.6 Å². The van der Waals surface area contributed by atoms with Gasteiger partial charge in [-0.3, -0.25) is 4.79 Å². The van der Waals surface area contributed by atoms with E-state index in [-0.39, 0.29) is 24.4 Å². The summed E-state index contributed by atoms with van der Waals surface area (Å²) in [6.45, 7) is 1.76. The Hall–Kier alpha value is -1.84. The van der Waals surface area contributed by atoms with Crippen molar-refractivity contribution < 1.29 is 4.79 Å². The van der Waals surface area contributed by atoms with Crippen LogP contribution in [0.15, 0.2) is 54.6 Å². The number of carbonyl (C=O) groups is 1. The average Bonchev–Trinajstić information content (AvgIpc) is 2.90. The largest absolute Gasteiger partial charge is 0.351 e. The number of hydrogen-bond acceptors (Lipinski definition) is 2. The van der Waals surface area contributed by atoms with Crippen LogP contribution in [0.4, 0.5) is 0 Å². The molecule has 0 heterocycles. The Labute approximate surface area is 137 Å². The molecule has 1 amide bonds. The average molecular weight is 317 g/mol. The van der Waals surface area contributed by atoms with Crippen LogP contribution in [-0.4, -0.2) is 11.9 Å². The SMILES string of the molecule is CC(N)(C(=O)NC1Cc2ccccc2C1)c1ccccc1.Cl. The summed E-state index contributed by atoms with van der Waals surface area (Å²) in [7, 11) is 0. The minimum absolute atomic E-state index is 0. The first-order valence-corrected chi connectivity index (χ1v) is 7.29. The van der Waals surface area contributed by atoms with Crippen LogP contribution in [0.3, 0.4) is 0 Å². The molecule has 0 spiro atoms. The Morgan fingerprint density at radius 1 is 1.05 bits per heavy atom. The van der Waals surface area contributed by atoms with E-state index in [1.165, 1.54) is 11.1 Å². The van der Waals surface area contributed by atoms with Gasteiger partial charge in [-0.1, -0.05) is 54.6 Å². The summed E-state index contributed by atoms with van der Waals surface area (Å²) in [6, 6.07) is 18.0. The van der Waals surface area contributed by atoms with Crippen LogP contribution < -0.4 is 11.1 Å². The Balaban J connectivity index is 0.00000176. The lowest BCUT2D eigenvalue weighted by atomic mass is 9.92. The third-order valence-electron chi connectivity index (χ3n) is 4.23. The van der Waals surface area contributed by atoms with Gasteiger partial charge in [0.2, 0.25) is 5.91 Å². The van der Waals surface area contributed by atoms with Crippen LogP contribution in [0, 0.1) is 0 Å². The van der Waals surface area contributed by atoms with Crippen LogP contribution in [0.25, 0.3) is 0 Å². The third kappa shape index (κ3) is 3.16. The van der Waals surface area contributed by atoms with E-state index in [2.05, 4.69) is 17.4 Å². The molecule has 3 rings (SSSR count). The van der Waals surface area contributed by atoms with Crippen molar-refractivity contribution in [3.8, 4) is 0 Å². The van der Waals surface area contributed by atoms with Crippen molar-refractivity contribution in [2.75, 3.05) is 0 Å². The summed E-state index contributed by atoms with van der Waals surface area (Å²) < 4.78 is 0. The van der Waals surface area contributed by atoms with Gasteiger partial charge in [-0.05, 0) is 36.5 Å². The fraction of sp³-hybridized carbons (Fsp3) is 0.278. The molecule has 3 nitrogen and oxygen atoms in total. The molecule has 1 atom stereocenters. The molecule has 3 N–H and O–H groups in total. The summed E-state index contributed by atoms with van der Waals surface area (Å²) in [6.07, 6.45) is 1.76. The van der Waals surface area contributed by atoms with E-state index in [1.54, 1.807) is 6.92 Å². The van der Waals surface area contributed by atoms with Gasteiger partial charge in [0.05, 0.1) is 0 Å². The fourth-order valence-corrected chi connectivity index (χ4v) is 2.91. The number of nitrogens with two attached hydrogens (primary N) is 1. The van der Waals surface area contributed by atoms with E-state index in [9.17, 15) is 4.79 Å². The van der Waals surface area contributed by atoms with Crippen molar-refractivity contribution in [3.05, 3.63) is 71.3 Å². The van der Waals surface area contributed by atoms with Gasteiger partial charge < -0.3 is 11.1 Å². The van der Waals surface area contributed by atoms with Crippen molar-refractivity contribution in [3.63, 3.8) is 0 Å². The molecule has 0 bridgehead atoms. The summed E-state index contributed by atoms with van der Waals surface area (Å²) in [4.78, 5) is 12.5. The number of hydrogen-bond donors (Lipinski definition) is 2. The maximum atomic E-state index is 12.5. The van der Waals surface area contributed by atoms with Crippen LogP contribution in [0.2, 0.25) is 0 Å². The zero-order chi connectivity index (χ0) is 14.9. The van der Waals surface area contributed by atoms with Gasteiger partial charge in [0, 0.05) is 6.04 Å². The zero-order valence-corrected chi connectivity index (χ0v) is 13.4. The molecular formula is C18H21ClN2O. The van der Waals surface area contributed by atoms with E-state index in [4.69, 9.17) is 5.73 Å². The van der Waals surface area contributed by atoms with Crippen molar-refractivity contribution >= 4 is 18.3 Å².